The Hall–Kier alpha value is -3.30. The van der Waals surface area contributed by atoms with Crippen molar-refractivity contribution < 1.29 is 18.7 Å². The minimum absolute atomic E-state index is 0.140. The van der Waals surface area contributed by atoms with Gasteiger partial charge in [0.15, 0.2) is 17.5 Å². The van der Waals surface area contributed by atoms with Crippen LogP contribution in [0.15, 0.2) is 30.5 Å². The number of fused-ring (bicyclic) bond motifs is 1. The highest BCUT2D eigenvalue weighted by Gasteiger charge is 2.43. The maximum Gasteiger partial charge on any atom is 0.304 e. The van der Waals surface area contributed by atoms with E-state index in [1.165, 1.54) is 29.3 Å². The summed E-state index contributed by atoms with van der Waals surface area (Å²) in [5, 5.41) is 13.1. The largest absolute Gasteiger partial charge is 0.481 e. The molecule has 39 heavy (non-hydrogen) atoms. The fourth-order valence-corrected chi connectivity index (χ4v) is 7.20. The number of nitrogens with zero attached hydrogens (tertiary/aromatic N) is 4. The molecule has 0 saturated heterocycles. The number of aromatic nitrogens is 2. The first-order valence-electron chi connectivity index (χ1n) is 13.1. The van der Waals surface area contributed by atoms with Gasteiger partial charge in [-0.3, -0.25) is 4.79 Å². The monoisotopic (exact) mass is 553 g/mol. The second-order valence-electron chi connectivity index (χ2n) is 11.7. The predicted molar refractivity (Wildman–Crippen MR) is 146 cm³/mol. The third-order valence-corrected chi connectivity index (χ3v) is 8.67. The van der Waals surface area contributed by atoms with Crippen LogP contribution < -0.4 is 10.2 Å². The highest BCUT2D eigenvalue weighted by Crippen LogP contribution is 2.48. The molecule has 3 heterocycles. The number of carboxylic acid groups (broad SMARTS) is 1. The molecule has 6 rings (SSSR count). The van der Waals surface area contributed by atoms with Crippen molar-refractivity contribution in [2.24, 2.45) is 0 Å². The van der Waals surface area contributed by atoms with Gasteiger partial charge in [-0.1, -0.05) is 25.4 Å². The van der Waals surface area contributed by atoms with Crippen LogP contribution in [0, 0.1) is 11.6 Å². The lowest BCUT2D eigenvalue weighted by molar-refractivity contribution is -0.138. The van der Waals surface area contributed by atoms with Crippen molar-refractivity contribution in [3.63, 3.8) is 0 Å². The highest BCUT2D eigenvalue weighted by molar-refractivity contribution is 6.33. The summed E-state index contributed by atoms with van der Waals surface area (Å²) in [6.07, 6.45) is 4.55. The molecule has 0 radical (unpaired) electrons. The van der Waals surface area contributed by atoms with Crippen LogP contribution in [0.2, 0.25) is 5.02 Å². The van der Waals surface area contributed by atoms with Gasteiger partial charge in [-0.25, -0.2) is 13.8 Å². The summed E-state index contributed by atoms with van der Waals surface area (Å²) in [6.45, 7) is 6.13. The summed E-state index contributed by atoms with van der Waals surface area (Å²) >= 11 is 6.53. The molecule has 0 amide bonds. The zero-order chi connectivity index (χ0) is 27.7. The lowest BCUT2D eigenvalue weighted by Gasteiger charge is -2.45. The second-order valence-corrected chi connectivity index (χ2v) is 12.2. The van der Waals surface area contributed by atoms with Gasteiger partial charge in [0.2, 0.25) is 5.95 Å². The van der Waals surface area contributed by atoms with Gasteiger partial charge in [-0.05, 0) is 66.8 Å². The van der Waals surface area contributed by atoms with E-state index in [-0.39, 0.29) is 23.4 Å². The summed E-state index contributed by atoms with van der Waals surface area (Å²) in [4.78, 5) is 24.7. The number of aliphatic carboxylic acids is 1. The molecule has 2 N–H and O–H groups in total. The van der Waals surface area contributed by atoms with Crippen molar-refractivity contribution in [2.75, 3.05) is 30.4 Å². The van der Waals surface area contributed by atoms with Crippen molar-refractivity contribution in [1.82, 2.24) is 14.9 Å². The normalized spacial score (nSPS) is 23.9. The summed E-state index contributed by atoms with van der Waals surface area (Å²) in [5.41, 5.74) is 4.91. The van der Waals surface area contributed by atoms with Crippen molar-refractivity contribution in [3.8, 4) is 0 Å². The molecule has 1 aliphatic carbocycles. The van der Waals surface area contributed by atoms with Crippen LogP contribution in [0.3, 0.4) is 0 Å². The van der Waals surface area contributed by atoms with Gasteiger partial charge in [0, 0.05) is 47.9 Å². The number of carbonyl (C=O) groups is 1. The Kier molecular flexibility index (Phi) is 6.07. The van der Waals surface area contributed by atoms with Gasteiger partial charge >= 0.3 is 5.97 Å². The number of anilines is 4. The Balaban J connectivity index is 1.37. The third kappa shape index (κ3) is 4.41. The lowest BCUT2D eigenvalue weighted by atomic mass is 9.67. The number of benzene rings is 2. The Morgan fingerprint density at radius 1 is 1.15 bits per heavy atom. The van der Waals surface area contributed by atoms with Crippen LogP contribution in [0.5, 0.6) is 0 Å². The summed E-state index contributed by atoms with van der Waals surface area (Å²) in [6, 6.07) is 6.48. The van der Waals surface area contributed by atoms with Crippen molar-refractivity contribution in [3.05, 3.63) is 69.4 Å². The smallest absolute Gasteiger partial charge is 0.304 e. The van der Waals surface area contributed by atoms with E-state index in [1.807, 2.05) is 0 Å². The molecule has 0 saturated carbocycles. The number of aryl methyl sites for hydroxylation is 1. The first-order valence-corrected chi connectivity index (χ1v) is 13.5. The molecule has 204 valence electrons. The molecule has 3 aliphatic rings. The molecule has 0 spiro atoms. The van der Waals surface area contributed by atoms with E-state index in [0.29, 0.717) is 23.0 Å². The van der Waals surface area contributed by atoms with Gasteiger partial charge in [0.05, 0.1) is 12.6 Å². The molecule has 0 bridgehead atoms. The first-order chi connectivity index (χ1) is 18.5. The maximum absolute atomic E-state index is 14.3. The molecule has 7 nitrogen and oxygen atoms in total. The Bertz CT molecular complexity index is 1520. The van der Waals surface area contributed by atoms with E-state index >= 15 is 0 Å². The quantitative estimate of drug-likeness (QED) is 0.396. The van der Waals surface area contributed by atoms with E-state index < -0.39 is 23.0 Å². The molecule has 3 aromatic rings. The van der Waals surface area contributed by atoms with Crippen molar-refractivity contribution in [1.29, 1.82) is 0 Å². The SMILES string of the molecule is CN1Cc2cc(Nc3ncc(Cl)c(N4CC(C)(CC(=O)O)c5cc(F)c(F)cc54)n3)cc3c2C(C)(CCC3)C1. The molecule has 0 fully saturated rings. The molecule has 1 aromatic heterocycles. The zero-order valence-corrected chi connectivity index (χ0v) is 22.9. The Morgan fingerprint density at radius 2 is 1.90 bits per heavy atom. The number of likely N-dealkylation sites (N-methyl/N-ethyl adjacent to an activating group) is 1. The van der Waals surface area contributed by atoms with Gasteiger partial charge in [-0.2, -0.15) is 4.98 Å². The highest BCUT2D eigenvalue weighted by atomic mass is 35.5. The average molecular weight is 554 g/mol. The molecule has 2 aromatic carbocycles. The van der Waals surface area contributed by atoms with E-state index in [1.54, 1.807) is 11.8 Å². The van der Waals surface area contributed by atoms with E-state index in [0.717, 1.165) is 43.8 Å². The minimum Gasteiger partial charge on any atom is -0.481 e. The summed E-state index contributed by atoms with van der Waals surface area (Å²) in [5.74, 6) is -2.49. The zero-order valence-electron chi connectivity index (χ0n) is 22.1. The number of hydrogen-bond acceptors (Lipinski definition) is 6. The van der Waals surface area contributed by atoms with Gasteiger partial charge < -0.3 is 20.2 Å². The van der Waals surface area contributed by atoms with Crippen LogP contribution in [-0.2, 0) is 28.6 Å². The van der Waals surface area contributed by atoms with Crippen LogP contribution in [0.1, 0.15) is 55.4 Å². The first kappa shape index (κ1) is 26.0. The van der Waals surface area contributed by atoms with Crippen LogP contribution in [-0.4, -0.2) is 46.1 Å². The number of carboxylic acids is 1. The number of halogens is 3. The second kappa shape index (κ2) is 9.13. The number of rotatable bonds is 5. The Morgan fingerprint density at radius 3 is 2.67 bits per heavy atom. The maximum atomic E-state index is 14.3. The standard InChI is InChI=1S/C29H30ClF2N5O2/c1-28-6-4-5-16-7-18(8-17(25(16)28)13-36(3)14-28)34-27-33-12-20(30)26(35-27)37-15-29(2,11-24(38)39)19-9-21(31)22(32)10-23(19)37/h7-10,12H,4-6,11,13-15H2,1-3H3,(H,38,39)(H,33,34,35). The minimum atomic E-state index is -1.04. The molecule has 2 unspecified atom stereocenters. The predicted octanol–water partition coefficient (Wildman–Crippen LogP) is 6.08. The fraction of sp³-hybridized carbons (Fsp3) is 0.414. The molecular formula is C29H30ClF2N5O2. The topological polar surface area (TPSA) is 81.6 Å². The fourth-order valence-electron chi connectivity index (χ4n) is 7.00. The van der Waals surface area contributed by atoms with E-state index in [2.05, 4.69) is 46.3 Å². The van der Waals surface area contributed by atoms with Crippen LogP contribution in [0.25, 0.3) is 0 Å². The van der Waals surface area contributed by atoms with Crippen molar-refractivity contribution >= 4 is 40.7 Å². The summed E-state index contributed by atoms with van der Waals surface area (Å²) < 4.78 is 28.6. The lowest BCUT2D eigenvalue weighted by Crippen LogP contribution is -2.44. The van der Waals surface area contributed by atoms with Crippen molar-refractivity contribution in [2.45, 2.75) is 56.9 Å². The van der Waals surface area contributed by atoms with Gasteiger partial charge in [0.1, 0.15) is 5.02 Å². The third-order valence-electron chi connectivity index (χ3n) is 8.40. The molecule has 10 heteroatoms. The van der Waals surface area contributed by atoms with Gasteiger partial charge in [-0.15, -0.1) is 0 Å². The number of nitrogens with one attached hydrogen (secondary N) is 1. The average Bonchev–Trinajstić information content (AvgIpc) is 3.10. The molecular weight excluding hydrogens is 524 g/mol. The van der Waals surface area contributed by atoms with Gasteiger partial charge in [0.25, 0.3) is 0 Å². The number of hydrogen-bond donors (Lipinski definition) is 2. The van der Waals surface area contributed by atoms with Crippen LogP contribution in [0.4, 0.5) is 31.9 Å². The van der Waals surface area contributed by atoms with Crippen LogP contribution >= 0.6 is 11.6 Å². The van der Waals surface area contributed by atoms with E-state index in [9.17, 15) is 18.7 Å². The molecule has 2 atom stereocenters. The summed E-state index contributed by atoms with van der Waals surface area (Å²) in [7, 11) is 2.15. The van der Waals surface area contributed by atoms with E-state index in [4.69, 9.17) is 11.6 Å². The Labute approximate surface area is 230 Å². The molecule has 2 aliphatic heterocycles.